The summed E-state index contributed by atoms with van der Waals surface area (Å²) in [5, 5.41) is 10.8. The molecule has 0 unspecified atom stereocenters. The molecule has 1 amide bonds. The zero-order valence-electron chi connectivity index (χ0n) is 16.6. The van der Waals surface area contributed by atoms with E-state index in [0.29, 0.717) is 12.2 Å². The monoisotopic (exact) mass is 363 g/mol. The average Bonchev–Trinajstić information content (AvgIpc) is 3.00. The fourth-order valence-corrected chi connectivity index (χ4v) is 4.13. The third-order valence-corrected chi connectivity index (χ3v) is 5.72. The van der Waals surface area contributed by atoms with E-state index in [9.17, 15) is 9.90 Å². The zero-order chi connectivity index (χ0) is 18.8. The highest BCUT2D eigenvalue weighted by Crippen LogP contribution is 2.41. The Kier molecular flexibility index (Phi) is 6.13. The molecule has 1 aliphatic rings. The standard InChI is InChI=1S/C21H33NO2S/c1-20(2,3)16-13-15(14-17(19(16)24)21(4,5)6)25-12-9-18(23)22-10-7-8-11-22/h13-14,24H,7-12H2,1-6H3. The molecule has 140 valence electrons. The number of carbonyl (C=O) groups is 1. The molecule has 0 aliphatic carbocycles. The van der Waals surface area contributed by atoms with E-state index < -0.39 is 0 Å². The molecule has 1 heterocycles. The van der Waals surface area contributed by atoms with E-state index in [-0.39, 0.29) is 16.7 Å². The fourth-order valence-electron chi connectivity index (χ4n) is 3.22. The topological polar surface area (TPSA) is 40.5 Å². The molecule has 1 aromatic carbocycles. The molecule has 1 aromatic rings. The summed E-state index contributed by atoms with van der Waals surface area (Å²) in [6.07, 6.45) is 2.86. The van der Waals surface area contributed by atoms with Crippen LogP contribution in [0.15, 0.2) is 17.0 Å². The normalized spacial score (nSPS) is 15.7. The van der Waals surface area contributed by atoms with Gasteiger partial charge in [-0.3, -0.25) is 4.79 Å². The van der Waals surface area contributed by atoms with Crippen LogP contribution in [0.25, 0.3) is 0 Å². The van der Waals surface area contributed by atoms with Gasteiger partial charge in [0.2, 0.25) is 5.91 Å². The van der Waals surface area contributed by atoms with Crippen molar-refractivity contribution in [1.29, 1.82) is 0 Å². The van der Waals surface area contributed by atoms with E-state index in [4.69, 9.17) is 0 Å². The molecule has 2 rings (SSSR count). The number of phenolic OH excluding ortho intramolecular Hbond substituents is 1. The quantitative estimate of drug-likeness (QED) is 0.757. The Morgan fingerprint density at radius 2 is 1.52 bits per heavy atom. The van der Waals surface area contributed by atoms with Gasteiger partial charge in [-0.1, -0.05) is 41.5 Å². The van der Waals surface area contributed by atoms with E-state index in [1.165, 1.54) is 0 Å². The van der Waals surface area contributed by atoms with Gasteiger partial charge in [0, 0.05) is 41.3 Å². The zero-order valence-corrected chi connectivity index (χ0v) is 17.4. The number of thioether (sulfide) groups is 1. The Bertz CT molecular complexity index is 585. The number of phenols is 1. The van der Waals surface area contributed by atoms with Crippen LogP contribution in [0.1, 0.15) is 71.9 Å². The van der Waals surface area contributed by atoms with Crippen LogP contribution >= 0.6 is 11.8 Å². The maximum atomic E-state index is 12.2. The minimum absolute atomic E-state index is 0.119. The molecule has 0 spiro atoms. The Hall–Kier alpha value is -1.16. The number of hydrogen-bond donors (Lipinski definition) is 1. The Morgan fingerprint density at radius 1 is 1.04 bits per heavy atom. The number of carbonyl (C=O) groups excluding carboxylic acids is 1. The number of likely N-dealkylation sites (tertiary alicyclic amines) is 1. The number of amides is 1. The van der Waals surface area contributed by atoms with Crippen molar-refractivity contribution < 1.29 is 9.90 Å². The lowest BCUT2D eigenvalue weighted by Crippen LogP contribution is -2.27. The molecule has 0 radical (unpaired) electrons. The first-order valence-corrected chi connectivity index (χ1v) is 10.3. The van der Waals surface area contributed by atoms with Crippen LogP contribution < -0.4 is 0 Å². The smallest absolute Gasteiger partial charge is 0.223 e. The van der Waals surface area contributed by atoms with Gasteiger partial charge in [0.1, 0.15) is 5.75 Å². The van der Waals surface area contributed by atoms with Crippen molar-refractivity contribution in [2.24, 2.45) is 0 Å². The first-order valence-electron chi connectivity index (χ1n) is 9.28. The van der Waals surface area contributed by atoms with Crippen molar-refractivity contribution in [3.05, 3.63) is 23.3 Å². The molecule has 0 atom stereocenters. The highest BCUT2D eigenvalue weighted by Gasteiger charge is 2.26. The van der Waals surface area contributed by atoms with Crippen LogP contribution in [0, 0.1) is 0 Å². The van der Waals surface area contributed by atoms with E-state index in [1.54, 1.807) is 11.8 Å². The molecule has 3 nitrogen and oxygen atoms in total. The molecule has 1 fully saturated rings. The maximum Gasteiger partial charge on any atom is 0.223 e. The van der Waals surface area contributed by atoms with Crippen LogP contribution in [0.4, 0.5) is 0 Å². The fraction of sp³-hybridized carbons (Fsp3) is 0.667. The van der Waals surface area contributed by atoms with Crippen LogP contribution in [0.3, 0.4) is 0 Å². The minimum Gasteiger partial charge on any atom is -0.507 e. The lowest BCUT2D eigenvalue weighted by molar-refractivity contribution is -0.129. The summed E-state index contributed by atoms with van der Waals surface area (Å²) in [4.78, 5) is 15.3. The molecule has 0 bridgehead atoms. The summed E-state index contributed by atoms with van der Waals surface area (Å²) in [6.45, 7) is 14.6. The van der Waals surface area contributed by atoms with Crippen molar-refractivity contribution in [1.82, 2.24) is 4.90 Å². The van der Waals surface area contributed by atoms with Gasteiger partial charge < -0.3 is 10.0 Å². The van der Waals surface area contributed by atoms with Gasteiger partial charge in [-0.05, 0) is 35.8 Å². The molecular formula is C21H33NO2S. The van der Waals surface area contributed by atoms with Crippen LogP contribution in [-0.2, 0) is 15.6 Å². The van der Waals surface area contributed by atoms with Crippen molar-refractivity contribution in [3.63, 3.8) is 0 Å². The van der Waals surface area contributed by atoms with E-state index in [2.05, 4.69) is 53.7 Å². The summed E-state index contributed by atoms with van der Waals surface area (Å²) < 4.78 is 0. The molecule has 1 saturated heterocycles. The van der Waals surface area contributed by atoms with Crippen LogP contribution in [0.5, 0.6) is 5.75 Å². The van der Waals surface area contributed by atoms with Crippen molar-refractivity contribution in [3.8, 4) is 5.75 Å². The Labute approximate surface area is 157 Å². The molecule has 25 heavy (non-hydrogen) atoms. The predicted octanol–water partition coefficient (Wildman–Crippen LogP) is 5.09. The van der Waals surface area contributed by atoms with E-state index >= 15 is 0 Å². The Balaban J connectivity index is 2.15. The summed E-state index contributed by atoms with van der Waals surface area (Å²) in [6, 6.07) is 4.19. The number of rotatable bonds is 4. The van der Waals surface area contributed by atoms with Gasteiger partial charge >= 0.3 is 0 Å². The number of nitrogens with zero attached hydrogens (tertiary/aromatic N) is 1. The molecule has 4 heteroatoms. The third-order valence-electron chi connectivity index (χ3n) is 4.74. The number of hydrogen-bond acceptors (Lipinski definition) is 3. The molecule has 1 aliphatic heterocycles. The second-order valence-corrected chi connectivity index (χ2v) is 10.2. The van der Waals surface area contributed by atoms with Gasteiger partial charge in [0.05, 0.1) is 0 Å². The summed E-state index contributed by atoms with van der Waals surface area (Å²) in [5.41, 5.74) is 1.72. The molecule has 1 N–H and O–H groups in total. The summed E-state index contributed by atoms with van der Waals surface area (Å²) >= 11 is 1.72. The largest absolute Gasteiger partial charge is 0.507 e. The maximum absolute atomic E-state index is 12.2. The molecule has 0 saturated carbocycles. The first-order chi connectivity index (χ1) is 11.5. The second kappa shape index (κ2) is 7.61. The average molecular weight is 364 g/mol. The highest BCUT2D eigenvalue weighted by atomic mass is 32.2. The molecule has 0 aromatic heterocycles. The van der Waals surface area contributed by atoms with Gasteiger partial charge in [-0.25, -0.2) is 0 Å². The predicted molar refractivity (Wildman–Crippen MR) is 107 cm³/mol. The van der Waals surface area contributed by atoms with Crippen molar-refractivity contribution in [2.45, 2.75) is 76.5 Å². The van der Waals surface area contributed by atoms with Gasteiger partial charge in [-0.15, -0.1) is 11.8 Å². The number of benzene rings is 1. The Morgan fingerprint density at radius 3 is 1.96 bits per heavy atom. The SMILES string of the molecule is CC(C)(C)c1cc(SCCC(=O)N2CCCC2)cc(C(C)(C)C)c1O. The van der Waals surface area contributed by atoms with E-state index in [1.807, 2.05) is 4.90 Å². The lowest BCUT2D eigenvalue weighted by atomic mass is 9.79. The van der Waals surface area contributed by atoms with Gasteiger partial charge in [0.15, 0.2) is 0 Å². The summed E-state index contributed by atoms with van der Waals surface area (Å²) in [5.74, 6) is 1.47. The second-order valence-electron chi connectivity index (χ2n) is 9.05. The van der Waals surface area contributed by atoms with Crippen molar-refractivity contribution >= 4 is 17.7 Å². The minimum atomic E-state index is -0.119. The first kappa shape index (κ1) is 20.2. The van der Waals surface area contributed by atoms with Crippen LogP contribution in [-0.4, -0.2) is 34.8 Å². The summed E-state index contributed by atoms with van der Waals surface area (Å²) in [7, 11) is 0. The molecular weight excluding hydrogens is 330 g/mol. The van der Waals surface area contributed by atoms with Gasteiger partial charge in [0.25, 0.3) is 0 Å². The van der Waals surface area contributed by atoms with E-state index in [0.717, 1.165) is 47.7 Å². The van der Waals surface area contributed by atoms with Crippen LogP contribution in [0.2, 0.25) is 0 Å². The highest BCUT2D eigenvalue weighted by molar-refractivity contribution is 7.99. The number of aromatic hydroxyl groups is 1. The third kappa shape index (κ3) is 5.16. The van der Waals surface area contributed by atoms with Crippen molar-refractivity contribution in [2.75, 3.05) is 18.8 Å². The lowest BCUT2D eigenvalue weighted by Gasteiger charge is -2.28. The van der Waals surface area contributed by atoms with Gasteiger partial charge in [-0.2, -0.15) is 0 Å².